The van der Waals surface area contributed by atoms with Crippen LogP contribution in [0, 0.1) is 0 Å². The van der Waals surface area contributed by atoms with E-state index in [2.05, 4.69) is 30.4 Å². The summed E-state index contributed by atoms with van der Waals surface area (Å²) < 4.78 is 0. The first-order valence-corrected chi connectivity index (χ1v) is 9.01. The number of piperidine rings is 1. The van der Waals surface area contributed by atoms with Crippen molar-refractivity contribution in [2.24, 2.45) is 0 Å². The Balaban J connectivity index is 1.69. The van der Waals surface area contributed by atoms with Crippen molar-refractivity contribution in [3.63, 3.8) is 0 Å². The molecule has 1 saturated heterocycles. The van der Waals surface area contributed by atoms with E-state index in [0.717, 1.165) is 30.4 Å². The molecule has 0 aromatic heterocycles. The number of benzene rings is 2. The lowest BCUT2D eigenvalue weighted by Gasteiger charge is -2.46. The van der Waals surface area contributed by atoms with Crippen LogP contribution in [0.5, 0.6) is 0 Å². The SMILES string of the molecule is CC(=O)c1ccc(-c2ccc3c(c2)CC[C@H]2NC(=O)CC[C@]32C)cc1. The van der Waals surface area contributed by atoms with Gasteiger partial charge in [-0.2, -0.15) is 0 Å². The molecular formula is C22H23NO2. The summed E-state index contributed by atoms with van der Waals surface area (Å²) in [4.78, 5) is 23.2. The summed E-state index contributed by atoms with van der Waals surface area (Å²) in [6.07, 6.45) is 3.53. The van der Waals surface area contributed by atoms with Gasteiger partial charge >= 0.3 is 0 Å². The van der Waals surface area contributed by atoms with Crippen molar-refractivity contribution in [3.05, 3.63) is 59.2 Å². The molecule has 0 bridgehead atoms. The topological polar surface area (TPSA) is 46.2 Å². The highest BCUT2D eigenvalue weighted by atomic mass is 16.1. The molecule has 2 aromatic rings. The quantitative estimate of drug-likeness (QED) is 0.843. The van der Waals surface area contributed by atoms with Crippen molar-refractivity contribution in [2.75, 3.05) is 0 Å². The normalized spacial score (nSPS) is 24.9. The minimum absolute atomic E-state index is 0.0402. The summed E-state index contributed by atoms with van der Waals surface area (Å²) in [5.74, 6) is 0.281. The number of amides is 1. The zero-order chi connectivity index (χ0) is 17.6. The average molecular weight is 333 g/mol. The lowest BCUT2D eigenvalue weighted by atomic mass is 9.64. The van der Waals surface area contributed by atoms with Crippen molar-refractivity contribution in [3.8, 4) is 11.1 Å². The number of carbonyl (C=O) groups is 2. The predicted molar refractivity (Wildman–Crippen MR) is 98.7 cm³/mol. The van der Waals surface area contributed by atoms with Crippen LogP contribution in [0.1, 0.15) is 54.6 Å². The number of nitrogens with one attached hydrogen (secondary N) is 1. The van der Waals surface area contributed by atoms with E-state index in [4.69, 9.17) is 0 Å². The van der Waals surface area contributed by atoms with E-state index < -0.39 is 0 Å². The van der Waals surface area contributed by atoms with E-state index in [0.29, 0.717) is 6.42 Å². The molecule has 3 nitrogen and oxygen atoms in total. The maximum Gasteiger partial charge on any atom is 0.220 e. The minimum Gasteiger partial charge on any atom is -0.352 e. The highest BCUT2D eigenvalue weighted by Crippen LogP contribution is 2.43. The van der Waals surface area contributed by atoms with Crippen LogP contribution in [0.15, 0.2) is 42.5 Å². The van der Waals surface area contributed by atoms with E-state index in [-0.39, 0.29) is 23.1 Å². The van der Waals surface area contributed by atoms with Crippen LogP contribution in [0.4, 0.5) is 0 Å². The zero-order valence-corrected chi connectivity index (χ0v) is 14.8. The molecule has 2 aliphatic rings. The van der Waals surface area contributed by atoms with Gasteiger partial charge < -0.3 is 5.32 Å². The first-order chi connectivity index (χ1) is 12.0. The fourth-order valence-electron chi connectivity index (χ4n) is 4.42. The molecule has 1 aliphatic heterocycles. The van der Waals surface area contributed by atoms with Crippen molar-refractivity contribution < 1.29 is 9.59 Å². The number of rotatable bonds is 2. The van der Waals surface area contributed by atoms with Crippen LogP contribution < -0.4 is 5.32 Å². The second kappa shape index (κ2) is 5.83. The third-order valence-electron chi connectivity index (χ3n) is 6.02. The fourth-order valence-corrected chi connectivity index (χ4v) is 4.42. The van der Waals surface area contributed by atoms with Gasteiger partial charge in [0, 0.05) is 23.4 Å². The smallest absolute Gasteiger partial charge is 0.220 e. The van der Waals surface area contributed by atoms with Crippen LogP contribution in [0.2, 0.25) is 0 Å². The maximum atomic E-state index is 11.8. The van der Waals surface area contributed by atoms with Gasteiger partial charge in [0.2, 0.25) is 5.91 Å². The molecule has 0 spiro atoms. The Morgan fingerprint density at radius 2 is 1.80 bits per heavy atom. The lowest BCUT2D eigenvalue weighted by Crippen LogP contribution is -2.55. The molecule has 2 aromatic carbocycles. The van der Waals surface area contributed by atoms with Crippen molar-refractivity contribution >= 4 is 11.7 Å². The summed E-state index contributed by atoms with van der Waals surface area (Å²) in [7, 11) is 0. The Morgan fingerprint density at radius 3 is 2.52 bits per heavy atom. The molecular weight excluding hydrogens is 310 g/mol. The molecule has 25 heavy (non-hydrogen) atoms. The van der Waals surface area contributed by atoms with Gasteiger partial charge in [0.05, 0.1) is 0 Å². The Morgan fingerprint density at radius 1 is 1.08 bits per heavy atom. The number of aryl methyl sites for hydroxylation is 1. The van der Waals surface area contributed by atoms with E-state index in [1.54, 1.807) is 6.92 Å². The molecule has 1 aliphatic carbocycles. The Kier molecular flexibility index (Phi) is 3.75. The average Bonchev–Trinajstić information content (AvgIpc) is 2.62. The van der Waals surface area contributed by atoms with Crippen molar-refractivity contribution in [1.29, 1.82) is 0 Å². The van der Waals surface area contributed by atoms with Crippen LogP contribution in [-0.2, 0) is 16.6 Å². The third-order valence-corrected chi connectivity index (χ3v) is 6.02. The largest absolute Gasteiger partial charge is 0.352 e. The second-order valence-corrected chi connectivity index (χ2v) is 7.58. The van der Waals surface area contributed by atoms with Gasteiger partial charge in [-0.15, -0.1) is 0 Å². The van der Waals surface area contributed by atoms with Crippen LogP contribution >= 0.6 is 0 Å². The van der Waals surface area contributed by atoms with Gasteiger partial charge in [0.1, 0.15) is 0 Å². The molecule has 1 amide bonds. The Labute approximate surface area is 148 Å². The van der Waals surface area contributed by atoms with E-state index in [9.17, 15) is 9.59 Å². The van der Waals surface area contributed by atoms with Gasteiger partial charge in [-0.25, -0.2) is 0 Å². The summed E-state index contributed by atoms with van der Waals surface area (Å²) in [5.41, 5.74) is 5.89. The first kappa shape index (κ1) is 16.1. The molecule has 0 radical (unpaired) electrons. The number of Topliss-reactive ketones (excluding diaryl/α,β-unsaturated/α-hetero) is 1. The van der Waals surface area contributed by atoms with E-state index in [1.165, 1.54) is 16.7 Å². The standard InChI is InChI=1S/C22H23NO2/c1-14(24)15-3-5-16(6-4-15)17-7-9-19-18(13-17)8-10-20-22(19,2)12-11-21(25)23-20/h3-7,9,13,20H,8,10-12H2,1-2H3,(H,23,25)/t20-,22-/m1/s1. The van der Waals surface area contributed by atoms with Gasteiger partial charge in [0.15, 0.2) is 5.78 Å². The molecule has 0 unspecified atom stereocenters. The van der Waals surface area contributed by atoms with Gasteiger partial charge in [-0.3, -0.25) is 9.59 Å². The number of carbonyl (C=O) groups excluding carboxylic acids is 2. The van der Waals surface area contributed by atoms with Gasteiger partial charge in [-0.05, 0) is 48.4 Å². The molecule has 1 heterocycles. The summed E-state index contributed by atoms with van der Waals surface area (Å²) in [6.45, 7) is 3.88. The van der Waals surface area contributed by atoms with Crippen molar-refractivity contribution in [1.82, 2.24) is 5.32 Å². The lowest BCUT2D eigenvalue weighted by molar-refractivity contribution is -0.125. The third kappa shape index (κ3) is 2.68. The second-order valence-electron chi connectivity index (χ2n) is 7.58. The maximum absolute atomic E-state index is 11.8. The number of ketones is 1. The highest BCUT2D eigenvalue weighted by Gasteiger charge is 2.43. The van der Waals surface area contributed by atoms with Gasteiger partial charge in [-0.1, -0.05) is 49.4 Å². The van der Waals surface area contributed by atoms with E-state index in [1.807, 2.05) is 24.3 Å². The molecule has 4 rings (SSSR count). The first-order valence-electron chi connectivity index (χ1n) is 9.01. The number of hydrogen-bond donors (Lipinski definition) is 1. The zero-order valence-electron chi connectivity index (χ0n) is 14.8. The molecule has 1 fully saturated rings. The van der Waals surface area contributed by atoms with Crippen LogP contribution in [0.3, 0.4) is 0 Å². The molecule has 3 heteroatoms. The minimum atomic E-state index is 0.0402. The number of fused-ring (bicyclic) bond motifs is 3. The van der Waals surface area contributed by atoms with Crippen LogP contribution in [-0.4, -0.2) is 17.7 Å². The number of hydrogen-bond acceptors (Lipinski definition) is 2. The van der Waals surface area contributed by atoms with Crippen molar-refractivity contribution in [2.45, 2.75) is 51.0 Å². The van der Waals surface area contributed by atoms with Crippen LogP contribution in [0.25, 0.3) is 11.1 Å². The summed E-state index contributed by atoms with van der Waals surface area (Å²) in [6, 6.07) is 14.8. The highest BCUT2D eigenvalue weighted by molar-refractivity contribution is 5.94. The molecule has 1 N–H and O–H groups in total. The predicted octanol–water partition coefficient (Wildman–Crippen LogP) is 4.04. The molecule has 128 valence electrons. The Hall–Kier alpha value is -2.42. The van der Waals surface area contributed by atoms with E-state index >= 15 is 0 Å². The Bertz CT molecular complexity index is 853. The summed E-state index contributed by atoms with van der Waals surface area (Å²) in [5, 5.41) is 3.19. The molecule has 0 saturated carbocycles. The van der Waals surface area contributed by atoms with Gasteiger partial charge in [0.25, 0.3) is 0 Å². The monoisotopic (exact) mass is 333 g/mol. The molecule has 2 atom stereocenters. The summed E-state index contributed by atoms with van der Waals surface area (Å²) >= 11 is 0. The fraction of sp³-hybridized carbons (Fsp3) is 0.364.